The number of halogens is 3. The van der Waals surface area contributed by atoms with E-state index < -0.39 is 39.7 Å². The number of carbonyl (C=O) groups is 1. The van der Waals surface area contributed by atoms with Crippen LogP contribution in [0.15, 0.2) is 53.6 Å². The molecule has 1 aliphatic carbocycles. The Balaban J connectivity index is 1.44. The molecule has 2 aliphatic rings. The lowest BCUT2D eigenvalue weighted by Crippen LogP contribution is -2.41. The molecule has 1 saturated heterocycles. The summed E-state index contributed by atoms with van der Waals surface area (Å²) < 4.78 is 74.3. The Morgan fingerprint density at radius 1 is 1.15 bits per heavy atom. The zero-order chi connectivity index (χ0) is 29.8. The molecule has 0 radical (unpaired) electrons. The summed E-state index contributed by atoms with van der Waals surface area (Å²) in [5.74, 6) is -0.250. The van der Waals surface area contributed by atoms with Crippen molar-refractivity contribution in [3.8, 4) is 17.4 Å². The lowest BCUT2D eigenvalue weighted by Gasteiger charge is -2.34. The molecule has 3 heterocycles. The molecule has 41 heavy (non-hydrogen) atoms. The maximum atomic E-state index is 13.3. The number of aromatic nitrogens is 3. The summed E-state index contributed by atoms with van der Waals surface area (Å²) in [6.07, 6.45) is -2.04. The second kappa shape index (κ2) is 9.93. The summed E-state index contributed by atoms with van der Waals surface area (Å²) in [6, 6.07) is 9.08. The molecular weight excluding hydrogens is 563 g/mol. The molecule has 0 bridgehead atoms. The van der Waals surface area contributed by atoms with Crippen LogP contribution < -0.4 is 14.4 Å². The summed E-state index contributed by atoms with van der Waals surface area (Å²) in [5, 5.41) is 13.7. The second-order valence-electron chi connectivity index (χ2n) is 11.4. The standard InChI is InChI=1S/C27H30F3N5O5S/c1-17-14-25(2,3)34(15-17)23-20(24(37)33-41(38,39)19-6-4-18(36)5-7-19)8-9-21(31-23)35-13-10-22(32-35)40-16-26(11-12-26)27(28,29)30/h4-10,13,17,36H,11-12,14-16H2,1-3H3,(H,33,37)/t17-/m0/s1. The zero-order valence-electron chi connectivity index (χ0n) is 22.6. The van der Waals surface area contributed by atoms with Gasteiger partial charge in [-0.25, -0.2) is 22.8 Å². The molecule has 1 amide bonds. The first-order valence-electron chi connectivity index (χ1n) is 13.0. The number of carbonyl (C=O) groups excluding carboxylic acids is 1. The highest BCUT2D eigenvalue weighted by Crippen LogP contribution is 2.57. The molecule has 1 saturated carbocycles. The Morgan fingerprint density at radius 2 is 1.83 bits per heavy atom. The van der Waals surface area contributed by atoms with Crippen molar-refractivity contribution in [1.29, 1.82) is 0 Å². The van der Waals surface area contributed by atoms with E-state index in [0.29, 0.717) is 6.54 Å². The average molecular weight is 594 g/mol. The van der Waals surface area contributed by atoms with Crippen molar-refractivity contribution < 1.29 is 36.2 Å². The third-order valence-electron chi connectivity index (χ3n) is 7.56. The van der Waals surface area contributed by atoms with E-state index in [9.17, 15) is 31.5 Å². The number of phenols is 1. The highest BCUT2D eigenvalue weighted by molar-refractivity contribution is 7.90. The van der Waals surface area contributed by atoms with E-state index in [1.54, 1.807) is 0 Å². The highest BCUT2D eigenvalue weighted by Gasteiger charge is 2.64. The zero-order valence-corrected chi connectivity index (χ0v) is 23.5. The van der Waals surface area contributed by atoms with Gasteiger partial charge in [-0.2, -0.15) is 13.2 Å². The van der Waals surface area contributed by atoms with Crippen LogP contribution in [0.4, 0.5) is 19.0 Å². The molecule has 2 N–H and O–H groups in total. The molecule has 1 aromatic carbocycles. The Labute approximate surface area is 235 Å². The fourth-order valence-electron chi connectivity index (χ4n) is 5.15. The molecule has 0 spiro atoms. The van der Waals surface area contributed by atoms with Crippen molar-refractivity contribution in [3.05, 3.63) is 54.2 Å². The third-order valence-corrected chi connectivity index (χ3v) is 8.91. The topological polar surface area (TPSA) is 127 Å². The van der Waals surface area contributed by atoms with Gasteiger partial charge < -0.3 is 14.7 Å². The molecule has 220 valence electrons. The van der Waals surface area contributed by atoms with E-state index in [1.165, 1.54) is 53.3 Å². The number of hydrogen-bond acceptors (Lipinski definition) is 8. The first kappa shape index (κ1) is 28.7. The minimum atomic E-state index is -4.35. The van der Waals surface area contributed by atoms with Gasteiger partial charge in [-0.1, -0.05) is 6.92 Å². The predicted octanol–water partition coefficient (Wildman–Crippen LogP) is 4.44. The number of hydrogen-bond donors (Lipinski definition) is 2. The van der Waals surface area contributed by atoms with Crippen molar-refractivity contribution in [3.63, 3.8) is 0 Å². The summed E-state index contributed by atoms with van der Waals surface area (Å²) >= 11 is 0. The van der Waals surface area contributed by atoms with Crippen LogP contribution in [0.5, 0.6) is 11.6 Å². The number of ether oxygens (including phenoxy) is 1. The molecule has 2 aromatic heterocycles. The number of aromatic hydroxyl groups is 1. The largest absolute Gasteiger partial charge is 0.508 e. The number of pyridine rings is 1. The summed E-state index contributed by atoms with van der Waals surface area (Å²) in [6.45, 7) is 6.08. The quantitative estimate of drug-likeness (QED) is 0.393. The molecular formula is C27H30F3N5O5S. The lowest BCUT2D eigenvalue weighted by molar-refractivity contribution is -0.194. The minimum absolute atomic E-state index is 0.000750. The van der Waals surface area contributed by atoms with Crippen LogP contribution in [0.3, 0.4) is 0 Å². The van der Waals surface area contributed by atoms with Crippen LogP contribution in [0.2, 0.25) is 0 Å². The first-order valence-corrected chi connectivity index (χ1v) is 14.5. The number of nitrogens with zero attached hydrogens (tertiary/aromatic N) is 4. The van der Waals surface area contributed by atoms with Gasteiger partial charge in [0.1, 0.15) is 23.6 Å². The number of phenolic OH excluding ortho intramolecular Hbond substituents is 1. The van der Waals surface area contributed by atoms with Gasteiger partial charge in [0.15, 0.2) is 5.82 Å². The van der Waals surface area contributed by atoms with Crippen molar-refractivity contribution in [2.24, 2.45) is 11.3 Å². The number of anilines is 1. The summed E-state index contributed by atoms with van der Waals surface area (Å²) in [4.78, 5) is 19.7. The van der Waals surface area contributed by atoms with E-state index in [-0.39, 0.29) is 52.5 Å². The van der Waals surface area contributed by atoms with Crippen molar-refractivity contribution in [2.75, 3.05) is 18.1 Å². The van der Waals surface area contributed by atoms with Crippen LogP contribution >= 0.6 is 0 Å². The Morgan fingerprint density at radius 3 is 2.41 bits per heavy atom. The van der Waals surface area contributed by atoms with Gasteiger partial charge in [0, 0.05) is 24.3 Å². The maximum Gasteiger partial charge on any atom is 0.397 e. The smallest absolute Gasteiger partial charge is 0.397 e. The fourth-order valence-corrected chi connectivity index (χ4v) is 6.12. The summed E-state index contributed by atoms with van der Waals surface area (Å²) in [7, 11) is -4.26. The van der Waals surface area contributed by atoms with Gasteiger partial charge in [0.25, 0.3) is 15.9 Å². The van der Waals surface area contributed by atoms with E-state index in [1.807, 2.05) is 18.7 Å². The Hall–Kier alpha value is -3.81. The molecule has 3 aromatic rings. The van der Waals surface area contributed by atoms with Gasteiger partial charge in [0.05, 0.1) is 10.5 Å². The molecule has 14 heteroatoms. The van der Waals surface area contributed by atoms with Gasteiger partial charge in [-0.3, -0.25) is 4.79 Å². The fraction of sp³-hybridized carbons (Fsp3) is 0.444. The van der Waals surface area contributed by atoms with Gasteiger partial charge in [-0.05, 0) is 75.4 Å². The lowest BCUT2D eigenvalue weighted by atomic mass is 9.97. The van der Waals surface area contributed by atoms with E-state index in [2.05, 4.69) is 21.7 Å². The monoisotopic (exact) mass is 593 g/mol. The first-order chi connectivity index (χ1) is 19.1. The van der Waals surface area contributed by atoms with Gasteiger partial charge >= 0.3 is 6.18 Å². The molecule has 2 fully saturated rings. The van der Waals surface area contributed by atoms with Crippen LogP contribution in [-0.4, -0.2) is 59.1 Å². The Kier molecular flexibility index (Phi) is 6.95. The summed E-state index contributed by atoms with van der Waals surface area (Å²) in [5.41, 5.74) is -2.23. The van der Waals surface area contributed by atoms with E-state index in [0.717, 1.165) is 6.42 Å². The minimum Gasteiger partial charge on any atom is -0.508 e. The molecule has 10 nitrogen and oxygen atoms in total. The van der Waals surface area contributed by atoms with Crippen molar-refractivity contribution >= 4 is 21.7 Å². The predicted molar refractivity (Wildman–Crippen MR) is 143 cm³/mol. The molecule has 0 unspecified atom stereocenters. The number of amides is 1. The number of sulfonamides is 1. The number of rotatable bonds is 8. The SMILES string of the molecule is C[C@@H]1CN(c2nc(-n3ccc(OCC4(C(F)(F)F)CC4)n3)ccc2C(=O)NS(=O)(=O)c2ccc(O)cc2)C(C)(C)C1. The van der Waals surface area contributed by atoms with Crippen LogP contribution in [-0.2, 0) is 10.0 Å². The molecule has 1 atom stereocenters. The number of alkyl halides is 3. The number of nitrogens with one attached hydrogen (secondary N) is 1. The normalized spacial score (nSPS) is 19.7. The van der Waals surface area contributed by atoms with Crippen LogP contribution in [0.25, 0.3) is 5.82 Å². The van der Waals surface area contributed by atoms with Crippen LogP contribution in [0.1, 0.15) is 50.4 Å². The van der Waals surface area contributed by atoms with Crippen molar-refractivity contribution in [1.82, 2.24) is 19.5 Å². The highest BCUT2D eigenvalue weighted by atomic mass is 32.2. The average Bonchev–Trinajstić information content (AvgIpc) is 3.46. The van der Waals surface area contributed by atoms with E-state index >= 15 is 0 Å². The van der Waals surface area contributed by atoms with Crippen molar-refractivity contribution in [2.45, 2.75) is 56.6 Å². The van der Waals surface area contributed by atoms with Crippen LogP contribution in [0, 0.1) is 11.3 Å². The molecule has 1 aliphatic heterocycles. The molecule has 5 rings (SSSR count). The second-order valence-corrected chi connectivity index (χ2v) is 13.0. The van der Waals surface area contributed by atoms with E-state index in [4.69, 9.17) is 4.74 Å². The maximum absolute atomic E-state index is 13.3. The van der Waals surface area contributed by atoms with Gasteiger partial charge in [-0.15, -0.1) is 5.10 Å². The number of benzene rings is 1. The Bertz CT molecular complexity index is 1570. The third kappa shape index (κ3) is 5.69. The van der Waals surface area contributed by atoms with Gasteiger partial charge in [0.2, 0.25) is 5.88 Å².